The highest BCUT2D eigenvalue weighted by Gasteiger charge is 2.19. The molecule has 0 radical (unpaired) electrons. The van der Waals surface area contributed by atoms with Gasteiger partial charge in [0.15, 0.2) is 6.10 Å². The van der Waals surface area contributed by atoms with E-state index in [1.54, 1.807) is 0 Å². The molecular weight excluding hydrogens is 709 g/mol. The van der Waals surface area contributed by atoms with Gasteiger partial charge < -0.3 is 14.2 Å². The van der Waals surface area contributed by atoms with Gasteiger partial charge in [0.05, 0.1) is 0 Å². The molecule has 0 aliphatic rings. The van der Waals surface area contributed by atoms with Gasteiger partial charge in [0.25, 0.3) is 0 Å². The summed E-state index contributed by atoms with van der Waals surface area (Å²) in [7, 11) is 0. The minimum atomic E-state index is -0.774. The van der Waals surface area contributed by atoms with Crippen molar-refractivity contribution < 1.29 is 28.6 Å². The van der Waals surface area contributed by atoms with E-state index in [1.165, 1.54) is 128 Å². The number of allylic oxidation sites excluding steroid dienone is 6. The fraction of sp³-hybridized carbons (Fsp3) is 0.824. The highest BCUT2D eigenvalue weighted by atomic mass is 16.6. The first-order valence-electron chi connectivity index (χ1n) is 24.5. The Morgan fingerprint density at radius 2 is 0.632 bits per heavy atom. The predicted molar refractivity (Wildman–Crippen MR) is 242 cm³/mol. The lowest BCUT2D eigenvalue weighted by atomic mass is 10.0. The van der Waals surface area contributed by atoms with Crippen LogP contribution in [-0.2, 0) is 28.6 Å². The molecule has 0 spiro atoms. The molecule has 0 N–H and O–H groups in total. The molecule has 0 saturated heterocycles. The van der Waals surface area contributed by atoms with Crippen molar-refractivity contribution in [2.24, 2.45) is 0 Å². The molecule has 0 aliphatic carbocycles. The molecule has 332 valence electrons. The zero-order valence-electron chi connectivity index (χ0n) is 37.9. The van der Waals surface area contributed by atoms with Crippen molar-refractivity contribution in [3.63, 3.8) is 0 Å². The fourth-order valence-corrected chi connectivity index (χ4v) is 6.92. The van der Waals surface area contributed by atoms with Crippen LogP contribution in [0.25, 0.3) is 0 Å². The van der Waals surface area contributed by atoms with Crippen LogP contribution in [0.3, 0.4) is 0 Å². The van der Waals surface area contributed by atoms with Gasteiger partial charge >= 0.3 is 17.9 Å². The van der Waals surface area contributed by atoms with Crippen molar-refractivity contribution in [2.75, 3.05) is 13.2 Å². The zero-order valence-corrected chi connectivity index (χ0v) is 37.9. The molecule has 0 aromatic rings. The van der Waals surface area contributed by atoms with Crippen LogP contribution in [0.2, 0.25) is 0 Å². The van der Waals surface area contributed by atoms with Crippen molar-refractivity contribution in [3.05, 3.63) is 36.5 Å². The van der Waals surface area contributed by atoms with E-state index in [-0.39, 0.29) is 31.1 Å². The standard InChI is InChI=1S/C51H92O6/c1-4-7-10-13-16-19-22-24-25-26-27-28-30-32-35-38-41-44-50(53)56-47-48(46-55-49(52)43-40-37-34-31-21-18-15-12-9-6-3)57-51(54)45-42-39-36-33-29-23-20-17-14-11-8-5-2/h16,19,24-25,27-28,48H,4-15,17-18,20-23,26,29-47H2,1-3H3/b19-16-,25-24-,28-27-/t48-/m1/s1. The van der Waals surface area contributed by atoms with Crippen molar-refractivity contribution >= 4 is 17.9 Å². The van der Waals surface area contributed by atoms with Crippen molar-refractivity contribution in [1.82, 2.24) is 0 Å². The van der Waals surface area contributed by atoms with Gasteiger partial charge in [0.1, 0.15) is 13.2 Å². The number of carbonyl (C=O) groups is 3. The van der Waals surface area contributed by atoms with Gasteiger partial charge in [-0.1, -0.05) is 211 Å². The number of hydrogen-bond donors (Lipinski definition) is 0. The summed E-state index contributed by atoms with van der Waals surface area (Å²) >= 11 is 0. The lowest BCUT2D eigenvalue weighted by Gasteiger charge is -2.18. The summed E-state index contributed by atoms with van der Waals surface area (Å²) in [5.41, 5.74) is 0. The second kappa shape index (κ2) is 46.3. The summed E-state index contributed by atoms with van der Waals surface area (Å²) in [6, 6.07) is 0. The minimum Gasteiger partial charge on any atom is -0.462 e. The van der Waals surface area contributed by atoms with E-state index >= 15 is 0 Å². The summed E-state index contributed by atoms with van der Waals surface area (Å²) < 4.78 is 16.7. The first-order chi connectivity index (χ1) is 28.0. The van der Waals surface area contributed by atoms with Gasteiger partial charge in [-0.3, -0.25) is 14.4 Å². The quantitative estimate of drug-likeness (QED) is 0.0264. The maximum Gasteiger partial charge on any atom is 0.306 e. The molecule has 0 aliphatic heterocycles. The van der Waals surface area contributed by atoms with Crippen LogP contribution in [0, 0.1) is 0 Å². The lowest BCUT2D eigenvalue weighted by molar-refractivity contribution is -0.167. The number of hydrogen-bond acceptors (Lipinski definition) is 6. The minimum absolute atomic E-state index is 0.0759. The molecule has 0 heterocycles. The summed E-state index contributed by atoms with van der Waals surface area (Å²) in [5.74, 6) is -0.893. The Balaban J connectivity index is 4.36. The lowest BCUT2D eigenvalue weighted by Crippen LogP contribution is -2.30. The van der Waals surface area contributed by atoms with Gasteiger partial charge in [0.2, 0.25) is 0 Å². The molecule has 0 bridgehead atoms. The average Bonchev–Trinajstić information content (AvgIpc) is 3.21. The van der Waals surface area contributed by atoms with E-state index in [0.717, 1.165) is 83.5 Å². The SMILES string of the molecule is CCCCC/C=C\C/C=C\C/C=C\CCCCCCC(=O)OC[C@@H](COC(=O)CCCCCCCCCCCC)OC(=O)CCCCCCCCCCCCCC. The number of carbonyl (C=O) groups excluding carboxylic acids is 3. The average molecular weight is 801 g/mol. The maximum atomic E-state index is 12.7. The summed E-state index contributed by atoms with van der Waals surface area (Å²) in [5, 5.41) is 0. The van der Waals surface area contributed by atoms with E-state index < -0.39 is 6.10 Å². The largest absolute Gasteiger partial charge is 0.462 e. The molecule has 6 heteroatoms. The number of unbranched alkanes of at least 4 members (excludes halogenated alkanes) is 27. The Kier molecular flexibility index (Phi) is 44.4. The number of ether oxygens (including phenoxy) is 3. The normalized spacial score (nSPS) is 12.3. The topological polar surface area (TPSA) is 78.9 Å². The Labute approximate surface area is 353 Å². The van der Waals surface area contributed by atoms with E-state index in [9.17, 15) is 14.4 Å². The van der Waals surface area contributed by atoms with Crippen molar-refractivity contribution in [2.45, 2.75) is 258 Å². The van der Waals surface area contributed by atoms with Crippen LogP contribution < -0.4 is 0 Å². The molecule has 0 rings (SSSR count). The Bertz CT molecular complexity index is 969. The van der Waals surface area contributed by atoms with E-state index in [0.29, 0.717) is 19.3 Å². The van der Waals surface area contributed by atoms with Crippen molar-refractivity contribution in [1.29, 1.82) is 0 Å². The van der Waals surface area contributed by atoms with Crippen LogP contribution >= 0.6 is 0 Å². The van der Waals surface area contributed by atoms with Crippen molar-refractivity contribution in [3.8, 4) is 0 Å². The Morgan fingerprint density at radius 1 is 0.351 bits per heavy atom. The third-order valence-corrected chi connectivity index (χ3v) is 10.6. The molecule has 6 nitrogen and oxygen atoms in total. The van der Waals surface area contributed by atoms with Gasteiger partial charge in [-0.05, 0) is 57.8 Å². The van der Waals surface area contributed by atoms with Gasteiger partial charge in [-0.15, -0.1) is 0 Å². The van der Waals surface area contributed by atoms with Gasteiger partial charge in [-0.2, -0.15) is 0 Å². The molecule has 0 saturated carbocycles. The van der Waals surface area contributed by atoms with E-state index in [2.05, 4.69) is 57.2 Å². The molecule has 1 atom stereocenters. The van der Waals surface area contributed by atoms with Crippen LogP contribution in [0.4, 0.5) is 0 Å². The predicted octanol–water partition coefficient (Wildman–Crippen LogP) is 15.8. The fourth-order valence-electron chi connectivity index (χ4n) is 6.92. The smallest absolute Gasteiger partial charge is 0.306 e. The van der Waals surface area contributed by atoms with Crippen LogP contribution in [0.1, 0.15) is 252 Å². The molecular formula is C51H92O6. The first-order valence-corrected chi connectivity index (χ1v) is 24.5. The van der Waals surface area contributed by atoms with E-state index in [4.69, 9.17) is 14.2 Å². The monoisotopic (exact) mass is 801 g/mol. The summed E-state index contributed by atoms with van der Waals surface area (Å²) in [6.45, 7) is 6.58. The van der Waals surface area contributed by atoms with Crippen LogP contribution in [-0.4, -0.2) is 37.2 Å². The van der Waals surface area contributed by atoms with Gasteiger partial charge in [0, 0.05) is 19.3 Å². The second-order valence-corrected chi connectivity index (χ2v) is 16.4. The summed E-state index contributed by atoms with van der Waals surface area (Å²) in [6.07, 6.45) is 52.6. The van der Waals surface area contributed by atoms with Crippen LogP contribution in [0.5, 0.6) is 0 Å². The third kappa shape index (κ3) is 44.6. The number of esters is 3. The molecule has 57 heavy (non-hydrogen) atoms. The molecule has 0 unspecified atom stereocenters. The molecule has 0 amide bonds. The second-order valence-electron chi connectivity index (χ2n) is 16.4. The zero-order chi connectivity index (χ0) is 41.5. The third-order valence-electron chi connectivity index (χ3n) is 10.6. The molecule has 0 aromatic carbocycles. The summed E-state index contributed by atoms with van der Waals surface area (Å²) in [4.78, 5) is 37.8. The Hall–Kier alpha value is -2.37. The highest BCUT2D eigenvalue weighted by molar-refractivity contribution is 5.71. The van der Waals surface area contributed by atoms with Crippen LogP contribution in [0.15, 0.2) is 36.5 Å². The number of rotatable bonds is 44. The highest BCUT2D eigenvalue weighted by Crippen LogP contribution is 2.15. The maximum absolute atomic E-state index is 12.7. The Morgan fingerprint density at radius 3 is 1.02 bits per heavy atom. The van der Waals surface area contributed by atoms with Gasteiger partial charge in [-0.25, -0.2) is 0 Å². The van der Waals surface area contributed by atoms with E-state index in [1.807, 2.05) is 0 Å². The molecule has 0 fully saturated rings. The molecule has 0 aromatic heterocycles. The first kappa shape index (κ1) is 54.6.